The van der Waals surface area contributed by atoms with Crippen LogP contribution in [0.5, 0.6) is 0 Å². The number of benzene rings is 1. The van der Waals surface area contributed by atoms with Crippen LogP contribution in [0.1, 0.15) is 35.4 Å². The Hall–Kier alpha value is -2.40. The molecule has 5 nitrogen and oxygen atoms in total. The summed E-state index contributed by atoms with van der Waals surface area (Å²) in [6.45, 7) is 5.34. The molecule has 1 atom stereocenters. The Kier molecular flexibility index (Phi) is 5.43. The number of rotatable bonds is 5. The first kappa shape index (κ1) is 16.5. The van der Waals surface area contributed by atoms with Gasteiger partial charge in [0.25, 0.3) is 5.91 Å². The van der Waals surface area contributed by atoms with Gasteiger partial charge >= 0.3 is 0 Å². The maximum absolute atomic E-state index is 12.1. The summed E-state index contributed by atoms with van der Waals surface area (Å²) < 4.78 is 0. The number of hydrogen-bond acceptors (Lipinski definition) is 4. The van der Waals surface area contributed by atoms with Crippen molar-refractivity contribution in [2.45, 2.75) is 19.4 Å². The van der Waals surface area contributed by atoms with E-state index in [-0.39, 0.29) is 11.9 Å². The number of carbonyl (C=O) groups is 1. The van der Waals surface area contributed by atoms with Crippen LogP contribution in [0.25, 0.3) is 0 Å². The molecule has 1 aliphatic rings. The van der Waals surface area contributed by atoms with Gasteiger partial charge in [-0.15, -0.1) is 0 Å². The van der Waals surface area contributed by atoms with Crippen molar-refractivity contribution in [3.8, 4) is 0 Å². The van der Waals surface area contributed by atoms with Crippen molar-refractivity contribution in [1.29, 1.82) is 0 Å². The maximum atomic E-state index is 12.1. The second-order valence-electron chi connectivity index (χ2n) is 6.00. The van der Waals surface area contributed by atoms with E-state index in [4.69, 9.17) is 0 Å². The molecule has 1 aromatic carbocycles. The molecule has 2 heterocycles. The van der Waals surface area contributed by atoms with Gasteiger partial charge in [-0.1, -0.05) is 43.3 Å². The van der Waals surface area contributed by atoms with Gasteiger partial charge in [-0.2, -0.15) is 0 Å². The number of nitrogens with one attached hydrogen (secondary N) is 2. The van der Waals surface area contributed by atoms with Crippen molar-refractivity contribution in [3.05, 3.63) is 59.8 Å². The van der Waals surface area contributed by atoms with Crippen LogP contribution < -0.4 is 15.5 Å². The lowest BCUT2D eigenvalue weighted by molar-refractivity contribution is 0.0949. The smallest absolute Gasteiger partial charge is 0.269 e. The van der Waals surface area contributed by atoms with Gasteiger partial charge in [-0.3, -0.25) is 4.79 Å². The molecule has 0 radical (unpaired) electrons. The molecule has 3 rings (SSSR count). The molecule has 1 aromatic heterocycles. The number of carbonyl (C=O) groups excluding carboxylic acids is 1. The van der Waals surface area contributed by atoms with E-state index in [2.05, 4.69) is 44.8 Å². The third-order valence-electron chi connectivity index (χ3n) is 4.20. The quantitative estimate of drug-likeness (QED) is 0.886. The molecule has 126 valence electrons. The van der Waals surface area contributed by atoms with E-state index in [1.54, 1.807) is 6.07 Å². The first-order valence-electron chi connectivity index (χ1n) is 8.56. The van der Waals surface area contributed by atoms with Crippen LogP contribution in [0, 0.1) is 0 Å². The van der Waals surface area contributed by atoms with Crippen LogP contribution in [0.4, 0.5) is 5.82 Å². The van der Waals surface area contributed by atoms with E-state index >= 15 is 0 Å². The number of piperazine rings is 1. The summed E-state index contributed by atoms with van der Waals surface area (Å²) in [5, 5.41) is 6.43. The van der Waals surface area contributed by atoms with Gasteiger partial charge in [0.1, 0.15) is 11.5 Å². The molecule has 0 unspecified atom stereocenters. The molecular formula is C19H24N4O. The Morgan fingerprint density at radius 1 is 1.25 bits per heavy atom. The third-order valence-corrected chi connectivity index (χ3v) is 4.20. The summed E-state index contributed by atoms with van der Waals surface area (Å²) in [6, 6.07) is 16.4. The molecule has 1 fully saturated rings. The summed E-state index contributed by atoms with van der Waals surface area (Å²) in [5.74, 6) is 0.759. The van der Waals surface area contributed by atoms with E-state index in [1.807, 2.05) is 25.1 Å². The Bertz CT molecular complexity index is 674. The van der Waals surface area contributed by atoms with Crippen molar-refractivity contribution in [2.24, 2.45) is 0 Å². The molecule has 5 heteroatoms. The lowest BCUT2D eigenvalue weighted by Gasteiger charge is -2.34. The fourth-order valence-corrected chi connectivity index (χ4v) is 2.92. The van der Waals surface area contributed by atoms with Crippen LogP contribution in [0.2, 0.25) is 0 Å². The molecule has 1 amide bonds. The first-order chi connectivity index (χ1) is 11.8. The zero-order chi connectivity index (χ0) is 16.8. The number of anilines is 1. The molecule has 1 aliphatic heterocycles. The van der Waals surface area contributed by atoms with E-state index in [0.29, 0.717) is 12.2 Å². The molecule has 0 saturated carbocycles. The second kappa shape index (κ2) is 7.93. The van der Waals surface area contributed by atoms with Crippen LogP contribution >= 0.6 is 0 Å². The minimum Gasteiger partial charge on any atom is -0.353 e. The van der Waals surface area contributed by atoms with Gasteiger partial charge < -0.3 is 15.5 Å². The Labute approximate surface area is 143 Å². The molecule has 2 N–H and O–H groups in total. The number of hydrogen-bond donors (Lipinski definition) is 2. The van der Waals surface area contributed by atoms with Crippen molar-refractivity contribution in [1.82, 2.24) is 15.6 Å². The fourth-order valence-electron chi connectivity index (χ4n) is 2.92. The molecule has 24 heavy (non-hydrogen) atoms. The number of pyridine rings is 1. The van der Waals surface area contributed by atoms with Crippen molar-refractivity contribution in [3.63, 3.8) is 0 Å². The van der Waals surface area contributed by atoms with Crippen LogP contribution in [-0.4, -0.2) is 37.1 Å². The monoisotopic (exact) mass is 324 g/mol. The highest BCUT2D eigenvalue weighted by atomic mass is 16.1. The van der Waals surface area contributed by atoms with Crippen molar-refractivity contribution >= 4 is 11.7 Å². The Balaban J connectivity index is 1.73. The topological polar surface area (TPSA) is 57.3 Å². The van der Waals surface area contributed by atoms with E-state index < -0.39 is 0 Å². The fraction of sp³-hybridized carbons (Fsp3) is 0.368. The van der Waals surface area contributed by atoms with Gasteiger partial charge in [-0.05, 0) is 24.1 Å². The number of aromatic nitrogens is 1. The van der Waals surface area contributed by atoms with E-state index in [1.165, 1.54) is 5.56 Å². The number of amides is 1. The zero-order valence-corrected chi connectivity index (χ0v) is 14.0. The minimum absolute atomic E-state index is 0.103. The van der Waals surface area contributed by atoms with E-state index in [9.17, 15) is 4.79 Å². The SMILES string of the molecule is CCCNC(=O)c1cccc(N2CCN[C@@H](c3ccccc3)C2)n1. The molecule has 1 saturated heterocycles. The first-order valence-corrected chi connectivity index (χ1v) is 8.56. The van der Waals surface area contributed by atoms with Gasteiger partial charge in [0, 0.05) is 32.2 Å². The molecule has 0 spiro atoms. The molecule has 0 bridgehead atoms. The Morgan fingerprint density at radius 2 is 2.08 bits per heavy atom. The van der Waals surface area contributed by atoms with Crippen LogP contribution in [0.15, 0.2) is 48.5 Å². The molecular weight excluding hydrogens is 300 g/mol. The summed E-state index contributed by atoms with van der Waals surface area (Å²) in [7, 11) is 0. The summed E-state index contributed by atoms with van der Waals surface area (Å²) in [5.41, 5.74) is 1.76. The van der Waals surface area contributed by atoms with Gasteiger partial charge in [0.15, 0.2) is 0 Å². The molecule has 0 aliphatic carbocycles. The average molecular weight is 324 g/mol. The summed E-state index contributed by atoms with van der Waals surface area (Å²) >= 11 is 0. The van der Waals surface area contributed by atoms with Crippen molar-refractivity contribution < 1.29 is 4.79 Å². The van der Waals surface area contributed by atoms with Crippen molar-refractivity contribution in [2.75, 3.05) is 31.1 Å². The van der Waals surface area contributed by atoms with Crippen LogP contribution in [0.3, 0.4) is 0 Å². The predicted octanol–water partition coefficient (Wildman–Crippen LogP) is 2.37. The maximum Gasteiger partial charge on any atom is 0.269 e. The standard InChI is InChI=1S/C19H24N4O/c1-2-11-21-19(24)16-9-6-10-18(22-16)23-13-12-20-17(14-23)15-7-4-3-5-8-15/h3-10,17,20H,2,11-14H2,1H3,(H,21,24)/t17-/m1/s1. The highest BCUT2D eigenvalue weighted by Gasteiger charge is 2.22. The van der Waals surface area contributed by atoms with Gasteiger partial charge in [0.05, 0.1) is 0 Å². The zero-order valence-electron chi connectivity index (χ0n) is 14.0. The normalized spacial score (nSPS) is 17.5. The predicted molar refractivity (Wildman–Crippen MR) is 96.3 cm³/mol. The molecule has 2 aromatic rings. The number of nitrogens with zero attached hydrogens (tertiary/aromatic N) is 2. The minimum atomic E-state index is -0.103. The van der Waals surface area contributed by atoms with E-state index in [0.717, 1.165) is 31.9 Å². The highest BCUT2D eigenvalue weighted by molar-refractivity contribution is 5.92. The second-order valence-corrected chi connectivity index (χ2v) is 6.00. The highest BCUT2D eigenvalue weighted by Crippen LogP contribution is 2.21. The largest absolute Gasteiger partial charge is 0.353 e. The summed E-state index contributed by atoms with van der Waals surface area (Å²) in [6.07, 6.45) is 0.919. The lowest BCUT2D eigenvalue weighted by atomic mass is 10.0. The third kappa shape index (κ3) is 3.92. The van der Waals surface area contributed by atoms with Gasteiger partial charge in [-0.25, -0.2) is 4.98 Å². The van der Waals surface area contributed by atoms with Crippen LogP contribution in [-0.2, 0) is 0 Å². The summed E-state index contributed by atoms with van der Waals surface area (Å²) in [4.78, 5) is 18.9. The average Bonchev–Trinajstić information content (AvgIpc) is 2.67. The Morgan fingerprint density at radius 3 is 2.88 bits per heavy atom. The van der Waals surface area contributed by atoms with Gasteiger partial charge in [0.2, 0.25) is 0 Å². The lowest BCUT2D eigenvalue weighted by Crippen LogP contribution is -2.46.